The number of hydrogen-bond acceptors (Lipinski definition) is 3. The first-order valence-corrected chi connectivity index (χ1v) is 7.43. The molecular formula is C17H25N3O. The molecule has 1 aromatic carbocycles. The third-order valence-electron chi connectivity index (χ3n) is 3.90. The van der Waals surface area contributed by atoms with Gasteiger partial charge in [-0.15, -0.1) is 0 Å². The summed E-state index contributed by atoms with van der Waals surface area (Å²) in [5.41, 5.74) is 7.53. The minimum atomic E-state index is -0.219. The normalized spacial score (nSPS) is 14.4. The first-order chi connectivity index (χ1) is 9.86. The Morgan fingerprint density at radius 3 is 2.62 bits per heavy atom. The van der Waals surface area contributed by atoms with E-state index in [1.165, 1.54) is 0 Å². The van der Waals surface area contributed by atoms with Gasteiger partial charge >= 0.3 is 0 Å². The molecule has 0 amide bonds. The van der Waals surface area contributed by atoms with Gasteiger partial charge in [-0.05, 0) is 25.3 Å². The van der Waals surface area contributed by atoms with Crippen molar-refractivity contribution in [3.8, 4) is 0 Å². The van der Waals surface area contributed by atoms with Crippen LogP contribution in [-0.2, 0) is 7.05 Å². The Morgan fingerprint density at radius 2 is 2.00 bits per heavy atom. The van der Waals surface area contributed by atoms with E-state index in [9.17, 15) is 4.79 Å². The molecule has 0 spiro atoms. The first kappa shape index (κ1) is 15.6. The molecule has 0 fully saturated rings. The average molecular weight is 287 g/mol. The highest BCUT2D eigenvalue weighted by molar-refractivity contribution is 5.91. The maximum Gasteiger partial charge on any atom is 0.252 e. The molecule has 1 atom stereocenters. The van der Waals surface area contributed by atoms with Crippen LogP contribution in [0.4, 0.5) is 5.69 Å². The number of anilines is 1. The molecule has 2 aromatic rings. The predicted octanol–water partition coefficient (Wildman–Crippen LogP) is 2.71. The maximum atomic E-state index is 12.1. The number of hydrogen-bond donors (Lipinski definition) is 2. The molecule has 4 nitrogen and oxygen atoms in total. The number of aryl methyl sites for hydroxylation is 1. The second-order valence-corrected chi connectivity index (χ2v) is 6.46. The Morgan fingerprint density at radius 1 is 1.33 bits per heavy atom. The molecule has 1 heterocycles. The summed E-state index contributed by atoms with van der Waals surface area (Å²) in [6.07, 6.45) is 0.951. The smallest absolute Gasteiger partial charge is 0.252 e. The van der Waals surface area contributed by atoms with Gasteiger partial charge in [-0.2, -0.15) is 0 Å². The molecule has 0 aliphatic carbocycles. The van der Waals surface area contributed by atoms with Crippen molar-refractivity contribution in [1.82, 2.24) is 4.57 Å². The third kappa shape index (κ3) is 3.27. The van der Waals surface area contributed by atoms with Gasteiger partial charge in [0.15, 0.2) is 0 Å². The minimum Gasteiger partial charge on any atom is -0.378 e. The number of pyridine rings is 1. The van der Waals surface area contributed by atoms with Crippen molar-refractivity contribution in [3.63, 3.8) is 0 Å². The SMILES string of the molecule is CC(C)CC(C)(CN)Nc1cc(=O)n(C)c2ccccc12. The average Bonchev–Trinajstić information content (AvgIpc) is 2.44. The van der Waals surface area contributed by atoms with Crippen molar-refractivity contribution in [2.75, 3.05) is 11.9 Å². The molecule has 0 saturated heterocycles. The second-order valence-electron chi connectivity index (χ2n) is 6.46. The van der Waals surface area contributed by atoms with Gasteiger partial charge in [0.2, 0.25) is 0 Å². The van der Waals surface area contributed by atoms with Crippen LogP contribution < -0.4 is 16.6 Å². The van der Waals surface area contributed by atoms with E-state index >= 15 is 0 Å². The minimum absolute atomic E-state index is 0.0138. The van der Waals surface area contributed by atoms with Gasteiger partial charge in [-0.1, -0.05) is 32.0 Å². The van der Waals surface area contributed by atoms with E-state index in [0.717, 1.165) is 23.0 Å². The highest BCUT2D eigenvalue weighted by atomic mass is 16.1. The van der Waals surface area contributed by atoms with Gasteiger partial charge in [-0.3, -0.25) is 4.79 Å². The number of nitrogens with two attached hydrogens (primary N) is 1. The van der Waals surface area contributed by atoms with E-state index in [0.29, 0.717) is 12.5 Å². The molecule has 1 unspecified atom stereocenters. The second kappa shape index (κ2) is 5.90. The number of para-hydroxylation sites is 1. The lowest BCUT2D eigenvalue weighted by molar-refractivity contribution is 0.407. The topological polar surface area (TPSA) is 60.0 Å². The number of fused-ring (bicyclic) bond motifs is 1. The molecule has 0 radical (unpaired) electrons. The Labute approximate surface area is 126 Å². The molecule has 1 aromatic heterocycles. The molecule has 4 heteroatoms. The van der Waals surface area contributed by atoms with Crippen molar-refractivity contribution >= 4 is 16.6 Å². The van der Waals surface area contributed by atoms with E-state index in [-0.39, 0.29) is 11.1 Å². The molecule has 0 saturated carbocycles. The van der Waals surface area contributed by atoms with Crippen LogP contribution in [0.2, 0.25) is 0 Å². The van der Waals surface area contributed by atoms with E-state index in [4.69, 9.17) is 5.73 Å². The zero-order valence-corrected chi connectivity index (χ0v) is 13.3. The fourth-order valence-electron chi connectivity index (χ4n) is 2.93. The van der Waals surface area contributed by atoms with Crippen LogP contribution in [-0.4, -0.2) is 16.7 Å². The summed E-state index contributed by atoms with van der Waals surface area (Å²) in [7, 11) is 1.80. The van der Waals surface area contributed by atoms with E-state index in [1.54, 1.807) is 17.7 Å². The van der Waals surface area contributed by atoms with Crippen LogP contribution in [0.1, 0.15) is 27.2 Å². The van der Waals surface area contributed by atoms with Gasteiger partial charge in [-0.25, -0.2) is 0 Å². The van der Waals surface area contributed by atoms with Gasteiger partial charge in [0, 0.05) is 36.3 Å². The molecule has 0 aliphatic rings. The van der Waals surface area contributed by atoms with Crippen molar-refractivity contribution in [1.29, 1.82) is 0 Å². The molecule has 3 N–H and O–H groups in total. The number of nitrogens with one attached hydrogen (secondary N) is 1. The largest absolute Gasteiger partial charge is 0.378 e. The number of aromatic nitrogens is 1. The zero-order valence-electron chi connectivity index (χ0n) is 13.3. The lowest BCUT2D eigenvalue weighted by atomic mass is 9.90. The van der Waals surface area contributed by atoms with E-state index < -0.39 is 0 Å². The highest BCUT2D eigenvalue weighted by Crippen LogP contribution is 2.26. The van der Waals surface area contributed by atoms with Crippen LogP contribution in [0.15, 0.2) is 35.1 Å². The van der Waals surface area contributed by atoms with Crippen molar-refractivity contribution in [3.05, 3.63) is 40.7 Å². The van der Waals surface area contributed by atoms with Crippen molar-refractivity contribution in [2.45, 2.75) is 32.7 Å². The summed E-state index contributed by atoms with van der Waals surface area (Å²) in [6.45, 7) is 6.99. The van der Waals surface area contributed by atoms with Crippen LogP contribution >= 0.6 is 0 Å². The Kier molecular flexibility index (Phi) is 4.37. The van der Waals surface area contributed by atoms with Gasteiger partial charge < -0.3 is 15.6 Å². The number of benzene rings is 1. The monoisotopic (exact) mass is 287 g/mol. The van der Waals surface area contributed by atoms with Gasteiger partial charge in [0.1, 0.15) is 0 Å². The van der Waals surface area contributed by atoms with E-state index in [2.05, 4.69) is 26.1 Å². The van der Waals surface area contributed by atoms with Crippen LogP contribution in [0.5, 0.6) is 0 Å². The number of rotatable bonds is 5. The lowest BCUT2D eigenvalue weighted by Gasteiger charge is -2.33. The molecule has 0 aliphatic heterocycles. The Balaban J connectivity index is 2.52. The van der Waals surface area contributed by atoms with E-state index in [1.807, 2.05) is 24.3 Å². The zero-order chi connectivity index (χ0) is 15.6. The highest BCUT2D eigenvalue weighted by Gasteiger charge is 2.24. The predicted molar refractivity (Wildman–Crippen MR) is 89.7 cm³/mol. The third-order valence-corrected chi connectivity index (χ3v) is 3.90. The molecule has 0 bridgehead atoms. The summed E-state index contributed by atoms with van der Waals surface area (Å²) >= 11 is 0. The summed E-state index contributed by atoms with van der Waals surface area (Å²) < 4.78 is 1.67. The molecular weight excluding hydrogens is 262 g/mol. The summed E-state index contributed by atoms with van der Waals surface area (Å²) in [6, 6.07) is 9.59. The quantitative estimate of drug-likeness (QED) is 0.889. The molecule has 114 valence electrons. The van der Waals surface area contributed by atoms with Gasteiger partial charge in [0.05, 0.1) is 5.52 Å². The van der Waals surface area contributed by atoms with Crippen LogP contribution in [0.3, 0.4) is 0 Å². The van der Waals surface area contributed by atoms with Crippen molar-refractivity contribution in [2.24, 2.45) is 18.7 Å². The number of nitrogens with zero attached hydrogens (tertiary/aromatic N) is 1. The molecule has 2 rings (SSSR count). The fraction of sp³-hybridized carbons (Fsp3) is 0.471. The van der Waals surface area contributed by atoms with Crippen LogP contribution in [0, 0.1) is 5.92 Å². The maximum absolute atomic E-state index is 12.1. The van der Waals surface area contributed by atoms with Crippen molar-refractivity contribution < 1.29 is 0 Å². The van der Waals surface area contributed by atoms with Gasteiger partial charge in [0.25, 0.3) is 5.56 Å². The summed E-state index contributed by atoms with van der Waals surface area (Å²) in [4.78, 5) is 12.1. The van der Waals surface area contributed by atoms with Crippen LogP contribution in [0.25, 0.3) is 10.9 Å². The summed E-state index contributed by atoms with van der Waals surface area (Å²) in [5, 5.41) is 4.55. The Hall–Kier alpha value is -1.81. The fourth-order valence-corrected chi connectivity index (χ4v) is 2.93. The standard InChI is InChI=1S/C17H25N3O/c1-12(2)10-17(3,11-18)19-14-9-16(21)20(4)15-8-6-5-7-13(14)15/h5-9,12,19H,10-11,18H2,1-4H3. The lowest BCUT2D eigenvalue weighted by Crippen LogP contribution is -2.44. The molecule has 21 heavy (non-hydrogen) atoms. The summed E-state index contributed by atoms with van der Waals surface area (Å²) in [5.74, 6) is 0.531. The first-order valence-electron chi connectivity index (χ1n) is 7.43. The Bertz CT molecular complexity index is 690.